The number of thioether (sulfide) groups is 1. The molecule has 0 aliphatic heterocycles. The van der Waals surface area contributed by atoms with Gasteiger partial charge in [-0.3, -0.25) is 14.2 Å². The van der Waals surface area contributed by atoms with E-state index in [0.29, 0.717) is 28.0 Å². The largest absolute Gasteiger partial charge is 0.484 e. The SMILES string of the molecule is CCOC(=O)c1ccc(NC(=O)CSc2nnc(CNC(=O)COc3ccccc3)n2-c2cc(C)ccc2C)cc1. The third-order valence-electron chi connectivity index (χ3n) is 5.87. The van der Waals surface area contributed by atoms with E-state index in [4.69, 9.17) is 9.47 Å². The minimum Gasteiger partial charge on any atom is -0.484 e. The number of benzene rings is 3. The standard InChI is InChI=1S/C30H31N5O5S/c1-4-39-29(38)22-12-14-23(15-13-22)32-28(37)19-41-30-34-33-26(35(30)25-16-20(2)10-11-21(25)3)17-31-27(36)18-40-24-8-6-5-7-9-24/h5-16H,4,17-19H2,1-3H3,(H,31,36)(H,32,37). The normalized spacial score (nSPS) is 10.6. The zero-order valence-corrected chi connectivity index (χ0v) is 23.9. The molecule has 0 fully saturated rings. The fraction of sp³-hybridized carbons (Fsp3) is 0.233. The number of carbonyl (C=O) groups excluding carboxylic acids is 3. The highest BCUT2D eigenvalue weighted by atomic mass is 32.2. The van der Waals surface area contributed by atoms with Gasteiger partial charge >= 0.3 is 5.97 Å². The summed E-state index contributed by atoms with van der Waals surface area (Å²) in [5.41, 5.74) is 3.86. The second-order valence-electron chi connectivity index (χ2n) is 9.04. The monoisotopic (exact) mass is 573 g/mol. The lowest BCUT2D eigenvalue weighted by Gasteiger charge is -2.14. The summed E-state index contributed by atoms with van der Waals surface area (Å²) in [4.78, 5) is 37.1. The Morgan fingerprint density at radius 1 is 0.927 bits per heavy atom. The molecule has 2 N–H and O–H groups in total. The van der Waals surface area contributed by atoms with E-state index in [-0.39, 0.29) is 37.3 Å². The molecule has 4 aromatic rings. The second-order valence-corrected chi connectivity index (χ2v) is 9.98. The third-order valence-corrected chi connectivity index (χ3v) is 6.80. The molecule has 10 nitrogen and oxygen atoms in total. The highest BCUT2D eigenvalue weighted by molar-refractivity contribution is 7.99. The Balaban J connectivity index is 1.43. The number of hydrogen-bond acceptors (Lipinski definition) is 8. The predicted octanol–water partition coefficient (Wildman–Crippen LogP) is 4.49. The first-order chi connectivity index (χ1) is 19.8. The van der Waals surface area contributed by atoms with Gasteiger partial charge in [-0.15, -0.1) is 10.2 Å². The summed E-state index contributed by atoms with van der Waals surface area (Å²) in [6.45, 7) is 5.99. The molecule has 1 heterocycles. The molecule has 41 heavy (non-hydrogen) atoms. The topological polar surface area (TPSA) is 124 Å². The summed E-state index contributed by atoms with van der Waals surface area (Å²) in [5.74, 6) is 0.230. The molecule has 11 heteroatoms. The minimum absolute atomic E-state index is 0.0693. The van der Waals surface area contributed by atoms with Crippen molar-refractivity contribution in [1.82, 2.24) is 20.1 Å². The molecule has 212 valence electrons. The van der Waals surface area contributed by atoms with Crippen LogP contribution in [0.15, 0.2) is 78.0 Å². The maximum absolute atomic E-state index is 12.7. The van der Waals surface area contributed by atoms with Gasteiger partial charge in [0.05, 0.1) is 30.2 Å². The lowest BCUT2D eigenvalue weighted by Crippen LogP contribution is -2.29. The van der Waals surface area contributed by atoms with Crippen molar-refractivity contribution in [2.75, 3.05) is 24.3 Å². The first-order valence-electron chi connectivity index (χ1n) is 13.0. The molecule has 3 aromatic carbocycles. The number of aryl methyl sites for hydroxylation is 2. The number of para-hydroxylation sites is 1. The Morgan fingerprint density at radius 2 is 1.68 bits per heavy atom. The summed E-state index contributed by atoms with van der Waals surface area (Å²) in [6, 6.07) is 21.6. The lowest BCUT2D eigenvalue weighted by atomic mass is 10.1. The van der Waals surface area contributed by atoms with Crippen LogP contribution in [0.3, 0.4) is 0 Å². The van der Waals surface area contributed by atoms with Crippen LogP contribution >= 0.6 is 11.8 Å². The zero-order valence-electron chi connectivity index (χ0n) is 23.0. The zero-order chi connectivity index (χ0) is 29.2. The van der Waals surface area contributed by atoms with E-state index in [2.05, 4.69) is 20.8 Å². The number of ether oxygens (including phenoxy) is 2. The first-order valence-corrected chi connectivity index (χ1v) is 14.0. The molecule has 4 rings (SSSR count). The molecule has 0 aliphatic rings. The smallest absolute Gasteiger partial charge is 0.338 e. The van der Waals surface area contributed by atoms with Crippen molar-refractivity contribution >= 4 is 35.2 Å². The fourth-order valence-electron chi connectivity index (χ4n) is 3.84. The van der Waals surface area contributed by atoms with E-state index in [9.17, 15) is 14.4 Å². The van der Waals surface area contributed by atoms with E-state index in [0.717, 1.165) is 16.8 Å². The van der Waals surface area contributed by atoms with E-state index in [1.807, 2.05) is 54.8 Å². The Morgan fingerprint density at radius 3 is 2.41 bits per heavy atom. The van der Waals surface area contributed by atoms with Crippen LogP contribution in [0.2, 0.25) is 0 Å². The summed E-state index contributed by atoms with van der Waals surface area (Å²) in [6.07, 6.45) is 0. The van der Waals surface area contributed by atoms with Gasteiger partial charge in [-0.05, 0) is 74.4 Å². The maximum atomic E-state index is 12.7. The molecular weight excluding hydrogens is 542 g/mol. The van der Waals surface area contributed by atoms with Crippen molar-refractivity contribution in [1.29, 1.82) is 0 Å². The first kappa shape index (κ1) is 29.3. The van der Waals surface area contributed by atoms with Crippen molar-refractivity contribution in [3.8, 4) is 11.4 Å². The van der Waals surface area contributed by atoms with Crippen LogP contribution in [0.4, 0.5) is 5.69 Å². The van der Waals surface area contributed by atoms with Gasteiger partial charge in [0, 0.05) is 5.69 Å². The van der Waals surface area contributed by atoms with E-state index >= 15 is 0 Å². The number of carbonyl (C=O) groups is 3. The third kappa shape index (κ3) is 8.18. The van der Waals surface area contributed by atoms with Crippen molar-refractivity contribution in [3.63, 3.8) is 0 Å². The van der Waals surface area contributed by atoms with Crippen LogP contribution in [0.25, 0.3) is 5.69 Å². The van der Waals surface area contributed by atoms with E-state index in [1.165, 1.54) is 11.8 Å². The quantitative estimate of drug-likeness (QED) is 0.188. The van der Waals surface area contributed by atoms with E-state index < -0.39 is 5.97 Å². The molecule has 0 radical (unpaired) electrons. The van der Waals surface area contributed by atoms with Crippen LogP contribution in [0, 0.1) is 13.8 Å². The second kappa shape index (κ2) is 14.1. The predicted molar refractivity (Wildman–Crippen MR) is 156 cm³/mol. The Kier molecular flexibility index (Phi) is 10.1. The number of rotatable bonds is 12. The fourth-order valence-corrected chi connectivity index (χ4v) is 4.60. The van der Waals surface area contributed by atoms with Gasteiger partial charge in [0.25, 0.3) is 5.91 Å². The maximum Gasteiger partial charge on any atom is 0.338 e. The molecular formula is C30H31N5O5S. The molecule has 0 unspecified atom stereocenters. The van der Waals surface area contributed by atoms with Gasteiger partial charge in [-0.1, -0.05) is 42.1 Å². The Labute approximate surface area is 242 Å². The number of esters is 1. The number of aromatic nitrogens is 3. The molecule has 1 aromatic heterocycles. The number of nitrogens with one attached hydrogen (secondary N) is 2. The number of hydrogen-bond donors (Lipinski definition) is 2. The van der Waals surface area contributed by atoms with Crippen LogP contribution in [0.1, 0.15) is 34.2 Å². The van der Waals surface area contributed by atoms with Crippen LogP contribution in [-0.2, 0) is 20.9 Å². The van der Waals surface area contributed by atoms with E-state index in [1.54, 1.807) is 43.3 Å². The van der Waals surface area contributed by atoms with Crippen molar-refractivity contribution in [2.45, 2.75) is 32.5 Å². The van der Waals surface area contributed by atoms with Gasteiger partial charge in [-0.25, -0.2) is 4.79 Å². The molecule has 2 amide bonds. The summed E-state index contributed by atoms with van der Waals surface area (Å²) >= 11 is 1.23. The molecule has 0 saturated carbocycles. The van der Waals surface area contributed by atoms with Crippen LogP contribution in [0.5, 0.6) is 5.75 Å². The number of nitrogens with zero attached hydrogens (tertiary/aromatic N) is 3. The summed E-state index contributed by atoms with van der Waals surface area (Å²) < 4.78 is 12.4. The number of amides is 2. The van der Waals surface area contributed by atoms with Gasteiger partial charge in [0.1, 0.15) is 5.75 Å². The van der Waals surface area contributed by atoms with Crippen molar-refractivity contribution in [3.05, 3.63) is 95.3 Å². The molecule has 0 saturated heterocycles. The molecule has 0 bridgehead atoms. The van der Waals surface area contributed by atoms with Gasteiger partial charge in [0.15, 0.2) is 17.6 Å². The molecule has 0 spiro atoms. The number of anilines is 1. The van der Waals surface area contributed by atoms with Crippen molar-refractivity contribution in [2.24, 2.45) is 0 Å². The van der Waals surface area contributed by atoms with Crippen LogP contribution in [-0.4, -0.2) is 51.5 Å². The van der Waals surface area contributed by atoms with Crippen LogP contribution < -0.4 is 15.4 Å². The average Bonchev–Trinajstić information content (AvgIpc) is 3.38. The van der Waals surface area contributed by atoms with Gasteiger partial charge in [-0.2, -0.15) is 0 Å². The summed E-state index contributed by atoms with van der Waals surface area (Å²) in [5, 5.41) is 14.8. The minimum atomic E-state index is -0.414. The van der Waals surface area contributed by atoms with Gasteiger partial charge < -0.3 is 20.1 Å². The lowest BCUT2D eigenvalue weighted by molar-refractivity contribution is -0.123. The highest BCUT2D eigenvalue weighted by Gasteiger charge is 2.18. The Bertz CT molecular complexity index is 1510. The molecule has 0 aliphatic carbocycles. The average molecular weight is 574 g/mol. The highest BCUT2D eigenvalue weighted by Crippen LogP contribution is 2.25. The summed E-state index contributed by atoms with van der Waals surface area (Å²) in [7, 11) is 0. The Hall–Kier alpha value is -4.64. The van der Waals surface area contributed by atoms with Gasteiger partial charge in [0.2, 0.25) is 5.91 Å². The molecule has 0 atom stereocenters. The van der Waals surface area contributed by atoms with Crippen molar-refractivity contribution < 1.29 is 23.9 Å².